The van der Waals surface area contributed by atoms with Crippen LogP contribution in [-0.4, -0.2) is 87.7 Å². The molecule has 0 saturated carbocycles. The number of rotatable bonds is 14. The molecule has 3 aromatic rings. The number of nitrogens with zero attached hydrogens (tertiary/aromatic N) is 3. The highest BCUT2D eigenvalue weighted by molar-refractivity contribution is 5.98. The number of amides is 4. The summed E-state index contributed by atoms with van der Waals surface area (Å²) in [5.74, 6) is -1.90. The predicted octanol–water partition coefficient (Wildman–Crippen LogP) is 3.77. The average Bonchev–Trinajstić information content (AvgIpc) is 3.76. The predicted molar refractivity (Wildman–Crippen MR) is 188 cm³/mol. The normalized spacial score (nSPS) is 15.7. The zero-order valence-corrected chi connectivity index (χ0v) is 30.0. The third-order valence-electron chi connectivity index (χ3n) is 8.18. The fourth-order valence-corrected chi connectivity index (χ4v) is 5.55. The van der Waals surface area contributed by atoms with Gasteiger partial charge in [0.1, 0.15) is 29.3 Å². The number of hydrogen-bond acceptors (Lipinski definition) is 9. The molecule has 3 atom stereocenters. The van der Waals surface area contributed by atoms with Gasteiger partial charge >= 0.3 is 12.1 Å². The second-order valence-corrected chi connectivity index (χ2v) is 13.9. The quantitative estimate of drug-likeness (QED) is 0.212. The van der Waals surface area contributed by atoms with Crippen LogP contribution < -0.4 is 16.0 Å². The molecule has 0 radical (unpaired) electrons. The van der Waals surface area contributed by atoms with E-state index < -0.39 is 53.1 Å². The van der Waals surface area contributed by atoms with E-state index in [0.717, 1.165) is 11.1 Å². The number of carbonyl (C=O) groups is 5. The molecule has 4 rings (SSSR count). The number of likely N-dealkylation sites (tertiary alicyclic amines) is 1. The molecule has 1 fully saturated rings. The third-order valence-corrected chi connectivity index (χ3v) is 8.18. The van der Waals surface area contributed by atoms with E-state index in [-0.39, 0.29) is 24.9 Å². The topological polar surface area (TPSA) is 170 Å². The van der Waals surface area contributed by atoms with E-state index in [1.54, 1.807) is 30.2 Å². The second kappa shape index (κ2) is 17.1. The van der Waals surface area contributed by atoms with Crippen molar-refractivity contribution in [2.24, 2.45) is 0 Å². The van der Waals surface area contributed by atoms with Crippen molar-refractivity contribution in [3.63, 3.8) is 0 Å². The lowest BCUT2D eigenvalue weighted by Gasteiger charge is -2.29. The molecule has 51 heavy (non-hydrogen) atoms. The first-order chi connectivity index (χ1) is 24.2. The first-order valence-electron chi connectivity index (χ1n) is 16.9. The molecule has 1 unspecified atom stereocenters. The Bertz CT molecular complexity index is 1650. The van der Waals surface area contributed by atoms with Crippen LogP contribution in [0.5, 0.6) is 0 Å². The minimum atomic E-state index is -1.45. The van der Waals surface area contributed by atoms with Crippen molar-refractivity contribution in [1.29, 1.82) is 0 Å². The Hall–Kier alpha value is -5.24. The highest BCUT2D eigenvalue weighted by Crippen LogP contribution is 2.26. The van der Waals surface area contributed by atoms with Crippen LogP contribution >= 0.6 is 0 Å². The van der Waals surface area contributed by atoms with Crippen LogP contribution in [-0.2, 0) is 46.4 Å². The van der Waals surface area contributed by atoms with Gasteiger partial charge in [-0.25, -0.2) is 14.6 Å². The Morgan fingerprint density at radius 3 is 2.22 bits per heavy atom. The standard InChI is InChI=1S/C37H48N6O8/c1-36(2,3)51-35(48)41-37(4,5)34(47)39-27(23-50-22-26-16-11-8-12-17-26)31(44)40-30-21-42(24-38-30)29(20-25-14-9-7-10-15-25)32(45)43-19-13-18-28(43)33(46)49-6/h7-12,14-17,21,24,27-29H,13,18-20,22-23H2,1-6H3,(H,39,47)(H,40,44)(H,41,48)/t27-,28+,29?/m1/s1. The van der Waals surface area contributed by atoms with Gasteiger partial charge in [0.2, 0.25) is 11.8 Å². The maximum absolute atomic E-state index is 14.0. The molecule has 4 amide bonds. The molecule has 14 nitrogen and oxygen atoms in total. The maximum Gasteiger partial charge on any atom is 0.408 e. The molecule has 2 heterocycles. The smallest absolute Gasteiger partial charge is 0.408 e. The summed E-state index contributed by atoms with van der Waals surface area (Å²) in [5, 5.41) is 7.96. The number of hydrogen-bond donors (Lipinski definition) is 3. The number of esters is 1. The van der Waals surface area contributed by atoms with Crippen LogP contribution in [0.3, 0.4) is 0 Å². The number of anilines is 1. The van der Waals surface area contributed by atoms with Crippen molar-refractivity contribution in [3.05, 3.63) is 84.3 Å². The van der Waals surface area contributed by atoms with E-state index in [0.29, 0.717) is 25.8 Å². The van der Waals surface area contributed by atoms with Crippen LogP contribution in [0.25, 0.3) is 0 Å². The van der Waals surface area contributed by atoms with E-state index in [9.17, 15) is 24.0 Å². The van der Waals surface area contributed by atoms with Gasteiger partial charge in [-0.05, 0) is 58.6 Å². The molecular formula is C37H48N6O8. The average molecular weight is 705 g/mol. The van der Waals surface area contributed by atoms with E-state index >= 15 is 0 Å². The lowest BCUT2D eigenvalue weighted by Crippen LogP contribution is -2.59. The van der Waals surface area contributed by atoms with Crippen LogP contribution in [0.15, 0.2) is 73.2 Å². The molecule has 1 aliphatic heterocycles. The number of benzene rings is 2. The van der Waals surface area contributed by atoms with Crippen molar-refractivity contribution >= 4 is 35.6 Å². The number of ether oxygens (including phenoxy) is 3. The van der Waals surface area contributed by atoms with Crippen molar-refractivity contribution in [1.82, 2.24) is 25.1 Å². The van der Waals surface area contributed by atoms with Crippen molar-refractivity contribution in [3.8, 4) is 0 Å². The van der Waals surface area contributed by atoms with Crippen molar-refractivity contribution in [2.45, 2.75) is 89.8 Å². The number of nitrogens with one attached hydrogen (secondary N) is 3. The largest absolute Gasteiger partial charge is 0.467 e. The molecule has 2 aromatic carbocycles. The van der Waals surface area contributed by atoms with E-state index in [2.05, 4.69) is 20.9 Å². The van der Waals surface area contributed by atoms with Gasteiger partial charge in [0.25, 0.3) is 5.91 Å². The van der Waals surface area contributed by atoms with Crippen LogP contribution in [0.4, 0.5) is 10.6 Å². The highest BCUT2D eigenvalue weighted by Gasteiger charge is 2.39. The maximum atomic E-state index is 14.0. The summed E-state index contributed by atoms with van der Waals surface area (Å²) in [4.78, 5) is 72.0. The summed E-state index contributed by atoms with van der Waals surface area (Å²) in [6, 6.07) is 16.1. The molecule has 3 N–H and O–H groups in total. The summed E-state index contributed by atoms with van der Waals surface area (Å²) in [5.41, 5.74) is -0.472. The number of aromatic nitrogens is 2. The minimum Gasteiger partial charge on any atom is -0.467 e. The lowest BCUT2D eigenvalue weighted by molar-refractivity contribution is -0.152. The van der Waals surface area contributed by atoms with Crippen molar-refractivity contribution in [2.75, 3.05) is 25.6 Å². The van der Waals surface area contributed by atoms with Gasteiger partial charge in [-0.3, -0.25) is 14.4 Å². The fraction of sp³-hybridized carbons (Fsp3) is 0.459. The van der Waals surface area contributed by atoms with E-state index in [1.807, 2.05) is 60.7 Å². The molecule has 14 heteroatoms. The number of methoxy groups -OCH3 is 1. The van der Waals surface area contributed by atoms with E-state index in [1.165, 1.54) is 33.5 Å². The van der Waals surface area contributed by atoms with Gasteiger partial charge in [0.15, 0.2) is 5.82 Å². The second-order valence-electron chi connectivity index (χ2n) is 13.9. The van der Waals surface area contributed by atoms with Gasteiger partial charge in [-0.2, -0.15) is 0 Å². The van der Waals surface area contributed by atoms with E-state index in [4.69, 9.17) is 14.2 Å². The molecule has 0 aliphatic carbocycles. The summed E-state index contributed by atoms with van der Waals surface area (Å²) in [7, 11) is 1.30. The molecule has 0 bridgehead atoms. The number of alkyl carbamates (subject to hydrolysis) is 1. The summed E-state index contributed by atoms with van der Waals surface area (Å²) in [6.45, 7) is 8.48. The Balaban J connectivity index is 1.53. The van der Waals surface area contributed by atoms with Gasteiger partial charge in [-0.15, -0.1) is 0 Å². The monoisotopic (exact) mass is 704 g/mol. The third kappa shape index (κ3) is 11.1. The first-order valence-corrected chi connectivity index (χ1v) is 16.9. The molecular weight excluding hydrogens is 656 g/mol. The fourth-order valence-electron chi connectivity index (χ4n) is 5.55. The van der Waals surface area contributed by atoms with Crippen LogP contribution in [0.2, 0.25) is 0 Å². The van der Waals surface area contributed by atoms with Gasteiger partial charge < -0.3 is 39.6 Å². The highest BCUT2D eigenvalue weighted by atomic mass is 16.6. The summed E-state index contributed by atoms with van der Waals surface area (Å²) >= 11 is 0. The van der Waals surface area contributed by atoms with Crippen LogP contribution in [0, 0.1) is 0 Å². The molecule has 1 aromatic heterocycles. The zero-order valence-electron chi connectivity index (χ0n) is 30.0. The molecule has 274 valence electrons. The zero-order chi connectivity index (χ0) is 37.2. The van der Waals surface area contributed by atoms with Gasteiger partial charge in [0, 0.05) is 19.2 Å². The van der Waals surface area contributed by atoms with Gasteiger partial charge in [0.05, 0.1) is 26.7 Å². The lowest BCUT2D eigenvalue weighted by atomic mass is 10.0. The summed E-state index contributed by atoms with van der Waals surface area (Å²) in [6.07, 6.45) is 3.66. The summed E-state index contributed by atoms with van der Waals surface area (Å²) < 4.78 is 17.7. The number of imidazole rings is 1. The molecule has 0 spiro atoms. The van der Waals surface area contributed by atoms with Crippen LogP contribution in [0.1, 0.15) is 64.6 Å². The Morgan fingerprint density at radius 1 is 0.941 bits per heavy atom. The SMILES string of the molecule is COC(=O)[C@@H]1CCCN1C(=O)C(Cc1ccccc1)n1cnc(NC(=O)[C@@H](COCc2ccccc2)NC(=O)C(C)(C)NC(=O)OC(C)(C)C)c1. The molecule has 1 aliphatic rings. The Morgan fingerprint density at radius 2 is 1.59 bits per heavy atom. The van der Waals surface area contributed by atoms with Crippen molar-refractivity contribution < 1.29 is 38.2 Å². The first kappa shape index (κ1) is 38.6. The minimum absolute atomic E-state index is 0.130. The van der Waals surface area contributed by atoms with Gasteiger partial charge in [-0.1, -0.05) is 60.7 Å². The Labute approximate surface area is 298 Å². The molecule has 1 saturated heterocycles. The Kier molecular flexibility index (Phi) is 12.9. The number of carbonyl (C=O) groups excluding carboxylic acids is 5.